The largest absolute Gasteiger partial charge is 0.215 e. The molecule has 0 atom stereocenters. The molecule has 1 aromatic rings. The first-order valence-electron chi connectivity index (χ1n) is 6.54. The quantitative estimate of drug-likeness (QED) is 0.733. The molecule has 0 radical (unpaired) electrons. The maximum Gasteiger partial charge on any atom is 0.215 e. The molecule has 0 fully saturated rings. The molecule has 1 aromatic carbocycles. The Labute approximate surface area is 125 Å². The summed E-state index contributed by atoms with van der Waals surface area (Å²) in [7, 11) is -3.27. The van der Waals surface area contributed by atoms with E-state index in [9.17, 15) is 8.42 Å². The molecule has 0 unspecified atom stereocenters. The van der Waals surface area contributed by atoms with Gasteiger partial charge < -0.3 is 0 Å². The summed E-state index contributed by atoms with van der Waals surface area (Å²) in [5, 5.41) is 0.806. The van der Waals surface area contributed by atoms with Crippen LogP contribution in [-0.2, 0) is 15.8 Å². The van der Waals surface area contributed by atoms with Crippen LogP contribution in [0.5, 0.6) is 0 Å². The summed E-state index contributed by atoms with van der Waals surface area (Å²) in [4.78, 5) is 0. The summed E-state index contributed by atoms with van der Waals surface area (Å²) in [6.45, 7) is 4.67. The van der Waals surface area contributed by atoms with Gasteiger partial charge >= 0.3 is 0 Å². The van der Waals surface area contributed by atoms with Crippen molar-refractivity contribution < 1.29 is 8.42 Å². The Balaban J connectivity index is 2.65. The molecule has 0 saturated heterocycles. The van der Waals surface area contributed by atoms with Crippen LogP contribution < -0.4 is 4.72 Å². The molecule has 1 rings (SSSR count). The van der Waals surface area contributed by atoms with Gasteiger partial charge in [0.25, 0.3) is 0 Å². The zero-order valence-electron chi connectivity index (χ0n) is 11.5. The SMILES string of the molecule is CCC(CC)(CBr)CNS(=O)(=O)Cc1ccccc1. The lowest BCUT2D eigenvalue weighted by Crippen LogP contribution is -2.38. The van der Waals surface area contributed by atoms with Gasteiger partial charge in [-0.2, -0.15) is 0 Å². The molecule has 108 valence electrons. The lowest BCUT2D eigenvalue weighted by molar-refractivity contribution is 0.309. The summed E-state index contributed by atoms with van der Waals surface area (Å²) in [5.41, 5.74) is 0.816. The monoisotopic (exact) mass is 347 g/mol. The van der Waals surface area contributed by atoms with Crippen molar-refractivity contribution in [3.63, 3.8) is 0 Å². The van der Waals surface area contributed by atoms with E-state index >= 15 is 0 Å². The number of alkyl halides is 1. The molecule has 19 heavy (non-hydrogen) atoms. The summed E-state index contributed by atoms with van der Waals surface area (Å²) >= 11 is 3.49. The van der Waals surface area contributed by atoms with Crippen molar-refractivity contribution in [2.75, 3.05) is 11.9 Å². The highest BCUT2D eigenvalue weighted by atomic mass is 79.9. The molecule has 0 heterocycles. The molecular weight excluding hydrogens is 326 g/mol. The van der Waals surface area contributed by atoms with Crippen molar-refractivity contribution in [1.82, 2.24) is 4.72 Å². The van der Waals surface area contributed by atoms with Crippen molar-refractivity contribution in [2.45, 2.75) is 32.4 Å². The second-order valence-corrected chi connectivity index (χ2v) is 7.27. The molecule has 3 nitrogen and oxygen atoms in total. The lowest BCUT2D eigenvalue weighted by atomic mass is 9.85. The van der Waals surface area contributed by atoms with E-state index in [0.717, 1.165) is 23.7 Å². The first kappa shape index (κ1) is 16.7. The Bertz CT molecular complexity index is 461. The highest BCUT2D eigenvalue weighted by Crippen LogP contribution is 2.28. The Morgan fingerprint density at radius 2 is 1.74 bits per heavy atom. The van der Waals surface area contributed by atoms with Crippen LogP contribution in [0.2, 0.25) is 0 Å². The van der Waals surface area contributed by atoms with Crippen LogP contribution in [0, 0.1) is 5.41 Å². The summed E-state index contributed by atoms with van der Waals surface area (Å²) in [6, 6.07) is 9.25. The fourth-order valence-corrected chi connectivity index (χ4v) is 4.09. The fraction of sp³-hybridized carbons (Fsp3) is 0.571. The number of rotatable bonds is 8. The van der Waals surface area contributed by atoms with Gasteiger partial charge in [0.1, 0.15) is 0 Å². The van der Waals surface area contributed by atoms with Gasteiger partial charge in [-0.05, 0) is 23.8 Å². The fourth-order valence-electron chi connectivity index (χ4n) is 1.84. The Morgan fingerprint density at radius 3 is 2.21 bits per heavy atom. The van der Waals surface area contributed by atoms with Gasteiger partial charge in [-0.25, -0.2) is 13.1 Å². The zero-order valence-corrected chi connectivity index (χ0v) is 13.9. The highest BCUT2D eigenvalue weighted by Gasteiger charge is 2.26. The minimum absolute atomic E-state index is 0.00373. The maximum atomic E-state index is 12.1. The topological polar surface area (TPSA) is 46.2 Å². The molecular formula is C14H22BrNO2S. The van der Waals surface area contributed by atoms with E-state index in [-0.39, 0.29) is 11.2 Å². The van der Waals surface area contributed by atoms with Crippen molar-refractivity contribution in [3.8, 4) is 0 Å². The van der Waals surface area contributed by atoms with Crippen LogP contribution in [-0.4, -0.2) is 20.3 Å². The van der Waals surface area contributed by atoms with Crippen LogP contribution in [0.4, 0.5) is 0 Å². The van der Waals surface area contributed by atoms with E-state index in [1.807, 2.05) is 30.3 Å². The Hall–Kier alpha value is -0.390. The average molecular weight is 348 g/mol. The second-order valence-electron chi connectivity index (χ2n) is 4.91. The zero-order chi connectivity index (χ0) is 14.4. The standard InChI is InChI=1S/C14H22BrNO2S/c1-3-14(4-2,11-15)12-16-19(17,18)10-13-8-6-5-7-9-13/h5-9,16H,3-4,10-12H2,1-2H3. The third-order valence-electron chi connectivity index (χ3n) is 3.65. The molecule has 0 amide bonds. The molecule has 0 spiro atoms. The van der Waals surface area contributed by atoms with Crippen LogP contribution in [0.3, 0.4) is 0 Å². The van der Waals surface area contributed by atoms with Crippen molar-refractivity contribution in [2.24, 2.45) is 5.41 Å². The highest BCUT2D eigenvalue weighted by molar-refractivity contribution is 9.09. The second kappa shape index (κ2) is 7.41. The summed E-state index contributed by atoms with van der Waals surface area (Å²) < 4.78 is 26.9. The van der Waals surface area contributed by atoms with Gasteiger partial charge in [-0.1, -0.05) is 60.1 Å². The van der Waals surface area contributed by atoms with Crippen molar-refractivity contribution >= 4 is 26.0 Å². The van der Waals surface area contributed by atoms with E-state index in [4.69, 9.17) is 0 Å². The Kier molecular flexibility index (Phi) is 6.50. The van der Waals surface area contributed by atoms with Crippen molar-refractivity contribution in [3.05, 3.63) is 35.9 Å². The van der Waals surface area contributed by atoms with Crippen LogP contribution in [0.25, 0.3) is 0 Å². The molecule has 0 bridgehead atoms. The molecule has 5 heteroatoms. The maximum absolute atomic E-state index is 12.1. The molecule has 0 saturated carbocycles. The molecule has 0 aliphatic heterocycles. The van der Waals surface area contributed by atoms with E-state index in [1.165, 1.54) is 0 Å². The molecule has 1 N–H and O–H groups in total. The van der Waals surface area contributed by atoms with Gasteiger partial charge in [0, 0.05) is 11.9 Å². The number of nitrogens with one attached hydrogen (secondary N) is 1. The predicted octanol–water partition coefficient (Wildman–Crippen LogP) is 3.31. The van der Waals surface area contributed by atoms with E-state index in [1.54, 1.807) is 0 Å². The number of halogens is 1. The third-order valence-corrected chi connectivity index (χ3v) is 6.14. The number of benzene rings is 1. The van der Waals surface area contributed by atoms with Crippen LogP contribution in [0.15, 0.2) is 30.3 Å². The first-order chi connectivity index (χ1) is 8.97. The number of hydrogen-bond donors (Lipinski definition) is 1. The van der Waals surface area contributed by atoms with Crippen molar-refractivity contribution in [1.29, 1.82) is 0 Å². The normalized spacial score (nSPS) is 12.6. The number of sulfonamides is 1. The predicted molar refractivity (Wildman–Crippen MR) is 83.9 cm³/mol. The van der Waals surface area contributed by atoms with Crippen LogP contribution >= 0.6 is 15.9 Å². The van der Waals surface area contributed by atoms with Gasteiger partial charge in [-0.15, -0.1) is 0 Å². The average Bonchev–Trinajstić information content (AvgIpc) is 2.41. The van der Waals surface area contributed by atoms with Gasteiger partial charge in [0.2, 0.25) is 10.0 Å². The summed E-state index contributed by atoms with van der Waals surface area (Å²) in [5.74, 6) is 0.0413. The van der Waals surface area contributed by atoms with Gasteiger partial charge in [0.05, 0.1) is 5.75 Å². The summed E-state index contributed by atoms with van der Waals surface area (Å²) in [6.07, 6.45) is 1.89. The Morgan fingerprint density at radius 1 is 1.16 bits per heavy atom. The minimum atomic E-state index is -3.27. The van der Waals surface area contributed by atoms with Gasteiger partial charge in [-0.3, -0.25) is 0 Å². The van der Waals surface area contributed by atoms with Crippen LogP contribution in [0.1, 0.15) is 32.3 Å². The molecule has 0 aliphatic carbocycles. The third kappa shape index (κ3) is 5.24. The number of hydrogen-bond acceptors (Lipinski definition) is 2. The van der Waals surface area contributed by atoms with E-state index in [2.05, 4.69) is 34.5 Å². The smallest absolute Gasteiger partial charge is 0.214 e. The minimum Gasteiger partial charge on any atom is -0.214 e. The first-order valence-corrected chi connectivity index (χ1v) is 9.31. The molecule has 0 aliphatic rings. The van der Waals surface area contributed by atoms with E-state index < -0.39 is 10.0 Å². The lowest BCUT2D eigenvalue weighted by Gasteiger charge is -2.29. The van der Waals surface area contributed by atoms with E-state index in [0.29, 0.717) is 6.54 Å². The van der Waals surface area contributed by atoms with Gasteiger partial charge in [0.15, 0.2) is 0 Å². The molecule has 0 aromatic heterocycles.